The molecule has 26 heteroatoms. The number of hydrogen-bond acceptors (Lipinski definition) is 18. The molecule has 22 nitrogen and oxygen atoms in total. The number of sulfonamides is 1. The summed E-state index contributed by atoms with van der Waals surface area (Å²) in [4.78, 5) is 29.5. The second-order valence-corrected chi connectivity index (χ2v) is 21.7. The molecule has 13 aromatic rings. The quantitative estimate of drug-likeness (QED) is 0.0502. The Morgan fingerprint density at radius 3 is 1.34 bits per heavy atom. The smallest absolute Gasteiger partial charge is 0.243 e. The fourth-order valence-corrected chi connectivity index (χ4v) is 10.3. The van der Waals surface area contributed by atoms with Crippen LogP contribution in [0, 0.1) is 0 Å². The summed E-state index contributed by atoms with van der Waals surface area (Å²) in [6, 6.07) is 52.1. The molecule has 0 fully saturated rings. The number of anilines is 2. The Kier molecular flexibility index (Phi) is 20.0. The molecule has 0 spiro atoms. The number of nitrogens with one attached hydrogen (secondary N) is 2. The van der Waals surface area contributed by atoms with Gasteiger partial charge < -0.3 is 31.7 Å². The van der Waals surface area contributed by atoms with Crippen molar-refractivity contribution in [2.45, 2.75) is 23.0 Å². The van der Waals surface area contributed by atoms with Gasteiger partial charge in [0.15, 0.2) is 22.6 Å². The van der Waals surface area contributed by atoms with Crippen LogP contribution < -0.4 is 21.5 Å². The second-order valence-electron chi connectivity index (χ2n) is 19.1. The van der Waals surface area contributed by atoms with E-state index in [0.717, 1.165) is 55.8 Å². The van der Waals surface area contributed by atoms with Crippen molar-refractivity contribution in [1.82, 2.24) is 63.7 Å². The first kappa shape index (κ1) is 61.4. The average molecular weight is 1260 g/mol. The second kappa shape index (κ2) is 28.7. The number of aromatic nitrogens is 13. The van der Waals surface area contributed by atoms with Crippen LogP contribution in [0.5, 0.6) is 0 Å². The van der Waals surface area contributed by atoms with E-state index in [2.05, 4.69) is 55.8 Å². The zero-order chi connectivity index (χ0) is 61.6. The number of aliphatic hydroxyl groups excluding tert-OH is 3. The van der Waals surface area contributed by atoms with Gasteiger partial charge in [0, 0.05) is 71.8 Å². The van der Waals surface area contributed by atoms with E-state index in [-0.39, 0.29) is 47.1 Å². The van der Waals surface area contributed by atoms with Gasteiger partial charge in [-0.15, -0.1) is 15.3 Å². The molecule has 0 amide bonds. The minimum Gasteiger partial charge on any atom is -0.394 e. The van der Waals surface area contributed by atoms with Crippen molar-refractivity contribution in [1.29, 1.82) is 0 Å². The molecule has 3 aromatic carbocycles. The number of pyridine rings is 4. The minimum atomic E-state index is -3.96. The lowest BCUT2D eigenvalue weighted by Crippen LogP contribution is -2.18. The third-order valence-electron chi connectivity index (χ3n) is 13.3. The van der Waals surface area contributed by atoms with Crippen molar-refractivity contribution in [2.75, 3.05) is 30.5 Å². The molecule has 3 atom stereocenters. The van der Waals surface area contributed by atoms with Gasteiger partial charge in [-0.25, -0.2) is 37.1 Å². The molecular formula is C62H54Cl3N17O5S. The molecule has 3 unspecified atom stereocenters. The SMILES string of the molecule is Clc1nc(Cl)c2c(-c3ccccc3)ccn2n1.NC(CO)c1ccccn1.NS(=O)(=O)c1cncc(-c2nc(NC(CO)c3ccccn3)c3c(-c4ccccc4)ccn3n2)c1.OCC(Nc1nc(Cl)nn2ccc(-c3ccccc3)c12)c1ccccn1. The molecule has 10 aromatic heterocycles. The zero-order valence-electron chi connectivity index (χ0n) is 46.3. The summed E-state index contributed by atoms with van der Waals surface area (Å²) >= 11 is 17.9. The molecule has 0 bridgehead atoms. The molecule has 0 aliphatic rings. The number of halogens is 3. The van der Waals surface area contributed by atoms with Crippen LogP contribution in [0.25, 0.3) is 61.3 Å². The number of hydrogen-bond donors (Lipinski definition) is 7. The van der Waals surface area contributed by atoms with Crippen LogP contribution >= 0.6 is 34.8 Å². The van der Waals surface area contributed by atoms with Crippen molar-refractivity contribution < 1.29 is 23.7 Å². The summed E-state index contributed by atoms with van der Waals surface area (Å²) in [5.74, 6) is 1.20. The van der Waals surface area contributed by atoms with Crippen LogP contribution in [-0.2, 0) is 10.0 Å². The van der Waals surface area contributed by atoms with E-state index in [1.165, 1.54) is 18.5 Å². The fraction of sp³-hybridized carbons (Fsp3) is 0.0968. The van der Waals surface area contributed by atoms with Crippen molar-refractivity contribution >= 4 is 73.0 Å². The highest BCUT2D eigenvalue weighted by Gasteiger charge is 2.22. The standard InChI is InChI=1S/C24H21N7O3S.C19H16ClN5O.C12H7Cl2N3.C7H10N2O/c25-35(33,34)18-12-17(13-26-14-18)23-29-24(28-21(15-32)20-8-4-5-10-27-20)22-19(9-11-31(22)30-23)16-6-2-1-3-7-16;20-19-23-18(22-16(12-26)15-8-4-5-10-21-15)17-14(9-11-25(17)24-19)13-6-2-1-3-7-13;13-11-10-9(8-4-2-1-3-5-8)6-7-17(10)16-12(14)15-11;8-6(5-10)7-3-1-2-4-9-7/h1-14,21,32H,15H2,(H2,25,33,34)(H,28,29,30);1-11,16,26H,12H2,(H,22,23,24);1-7H;1-4,6,10H,5,8H2. The Morgan fingerprint density at radius 2 is 0.898 bits per heavy atom. The van der Waals surface area contributed by atoms with Gasteiger partial charge in [0.25, 0.3) is 0 Å². The first-order valence-electron chi connectivity index (χ1n) is 26.9. The van der Waals surface area contributed by atoms with Crippen LogP contribution in [0.4, 0.5) is 11.6 Å². The molecular weight excluding hydrogens is 1200 g/mol. The van der Waals surface area contributed by atoms with Crippen LogP contribution in [-0.4, -0.2) is 107 Å². The highest BCUT2D eigenvalue weighted by atomic mass is 35.5. The predicted molar refractivity (Wildman–Crippen MR) is 339 cm³/mol. The average Bonchev–Trinajstić information content (AvgIpc) is 2.57. The van der Waals surface area contributed by atoms with Gasteiger partial charge in [-0.1, -0.05) is 121 Å². The molecule has 0 aliphatic heterocycles. The Morgan fingerprint density at radius 1 is 0.477 bits per heavy atom. The highest BCUT2D eigenvalue weighted by Crippen LogP contribution is 2.35. The lowest BCUT2D eigenvalue weighted by molar-refractivity contribution is 0.266. The Bertz CT molecular complexity index is 4530. The third kappa shape index (κ3) is 14.8. The number of rotatable bonds is 15. The van der Waals surface area contributed by atoms with Gasteiger partial charge >= 0.3 is 0 Å². The van der Waals surface area contributed by atoms with Gasteiger partial charge in [-0.05, 0) is 101 Å². The zero-order valence-corrected chi connectivity index (χ0v) is 49.4. The maximum atomic E-state index is 11.8. The Hall–Kier alpha value is -9.66. The molecule has 444 valence electrons. The summed E-state index contributed by atoms with van der Waals surface area (Å²) in [6.45, 7) is -0.421. The first-order valence-corrected chi connectivity index (χ1v) is 29.6. The summed E-state index contributed by atoms with van der Waals surface area (Å²) in [7, 11) is -3.96. The van der Waals surface area contributed by atoms with Gasteiger partial charge in [-0.3, -0.25) is 19.9 Å². The molecule has 0 saturated heterocycles. The van der Waals surface area contributed by atoms with Crippen molar-refractivity contribution in [3.63, 3.8) is 0 Å². The van der Waals surface area contributed by atoms with E-state index in [1.807, 2.05) is 164 Å². The molecule has 10 heterocycles. The molecule has 0 saturated carbocycles. The topological polar surface area (TPSA) is 313 Å². The maximum Gasteiger partial charge on any atom is 0.243 e. The van der Waals surface area contributed by atoms with E-state index in [4.69, 9.17) is 55.8 Å². The molecule has 0 radical (unpaired) electrons. The fourth-order valence-electron chi connectivity index (χ4n) is 9.16. The summed E-state index contributed by atoms with van der Waals surface area (Å²) in [5, 5.41) is 53.9. The van der Waals surface area contributed by atoms with Crippen LogP contribution in [0.2, 0.25) is 15.7 Å². The highest BCUT2D eigenvalue weighted by molar-refractivity contribution is 7.89. The van der Waals surface area contributed by atoms with Gasteiger partial charge in [0.2, 0.25) is 20.6 Å². The van der Waals surface area contributed by atoms with Gasteiger partial charge in [-0.2, -0.15) is 4.98 Å². The van der Waals surface area contributed by atoms with E-state index >= 15 is 0 Å². The molecule has 13 rings (SSSR count). The van der Waals surface area contributed by atoms with Crippen molar-refractivity contribution in [3.05, 3.63) is 252 Å². The van der Waals surface area contributed by atoms with Crippen LogP contribution in [0.3, 0.4) is 0 Å². The largest absolute Gasteiger partial charge is 0.394 e. The molecule has 9 N–H and O–H groups in total. The third-order valence-corrected chi connectivity index (χ3v) is 14.8. The molecule has 88 heavy (non-hydrogen) atoms. The van der Waals surface area contributed by atoms with E-state index in [0.29, 0.717) is 33.6 Å². The Balaban J connectivity index is 0.000000141. The number of benzene rings is 3. The van der Waals surface area contributed by atoms with E-state index in [1.54, 1.807) is 50.5 Å². The first-order chi connectivity index (χ1) is 42.8. The van der Waals surface area contributed by atoms with E-state index in [9.17, 15) is 18.6 Å². The monoisotopic (exact) mass is 1250 g/mol. The van der Waals surface area contributed by atoms with Crippen molar-refractivity contribution in [2.24, 2.45) is 10.9 Å². The van der Waals surface area contributed by atoms with E-state index < -0.39 is 22.1 Å². The summed E-state index contributed by atoms with van der Waals surface area (Å²) < 4.78 is 28.7. The lowest BCUT2D eigenvalue weighted by atomic mass is 10.1. The Labute approximate surface area is 518 Å². The predicted octanol–water partition coefficient (Wildman–Crippen LogP) is 10.0. The maximum absolute atomic E-state index is 11.8. The lowest BCUT2D eigenvalue weighted by Gasteiger charge is -2.18. The molecule has 0 aliphatic carbocycles. The number of fused-ring (bicyclic) bond motifs is 3. The summed E-state index contributed by atoms with van der Waals surface area (Å²) in [6.07, 6.45) is 13.1. The minimum absolute atomic E-state index is 0.0585. The number of nitrogens with two attached hydrogens (primary N) is 2. The summed E-state index contributed by atoms with van der Waals surface area (Å²) in [5.41, 5.74) is 16.1. The van der Waals surface area contributed by atoms with Crippen LogP contribution in [0.15, 0.2) is 224 Å². The van der Waals surface area contributed by atoms with Gasteiger partial charge in [0.1, 0.15) is 21.4 Å². The van der Waals surface area contributed by atoms with Gasteiger partial charge in [0.05, 0.1) is 55.0 Å². The number of nitrogens with zero attached hydrogens (tertiary/aromatic N) is 13. The normalized spacial score (nSPS) is 12.2. The number of primary sulfonamides is 1. The number of aliphatic hydroxyl groups is 3. The van der Waals surface area contributed by atoms with Crippen LogP contribution in [0.1, 0.15) is 35.2 Å². The van der Waals surface area contributed by atoms with Crippen molar-refractivity contribution in [3.8, 4) is 44.8 Å².